The Morgan fingerprint density at radius 2 is 2.00 bits per heavy atom. The van der Waals surface area contributed by atoms with Gasteiger partial charge in [0.05, 0.1) is 6.67 Å². The van der Waals surface area contributed by atoms with Crippen LogP contribution in [0, 0.1) is 5.92 Å². The molecule has 1 heterocycles. The normalized spacial score (nSPS) is 26.6. The second-order valence-electron chi connectivity index (χ2n) is 3.12. The average Bonchev–Trinajstić information content (AvgIpc) is 1.82. The van der Waals surface area contributed by atoms with Crippen LogP contribution in [-0.4, -0.2) is 43.0 Å². The molecule has 1 atom stereocenters. The van der Waals surface area contributed by atoms with Crippen LogP contribution in [0.4, 0.5) is 0 Å². The van der Waals surface area contributed by atoms with Crippen molar-refractivity contribution in [2.45, 2.75) is 14.4 Å². The highest BCUT2D eigenvalue weighted by molar-refractivity contribution is 5.79. The lowest BCUT2D eigenvalue weighted by Crippen LogP contribution is -2.48. The summed E-state index contributed by atoms with van der Waals surface area (Å²) in [6, 6.07) is 0. The maximum atomic E-state index is 11.2. The summed E-state index contributed by atoms with van der Waals surface area (Å²) in [7, 11) is 3.87. The molecule has 11 heavy (non-hydrogen) atoms. The molecule has 0 aromatic rings. The van der Waals surface area contributed by atoms with Crippen LogP contribution in [0.5, 0.6) is 0 Å². The molecule has 0 N–H and O–H groups in total. The van der Waals surface area contributed by atoms with E-state index in [0.717, 1.165) is 13.2 Å². The zero-order valence-electron chi connectivity index (χ0n) is 6.79. The third-order valence-electron chi connectivity index (χ3n) is 1.84. The van der Waals surface area contributed by atoms with Crippen molar-refractivity contribution in [2.24, 2.45) is 5.92 Å². The van der Waals surface area contributed by atoms with Gasteiger partial charge in [0.25, 0.3) is 0 Å². The minimum Gasteiger partial charge on any atom is -0.333 e. The molecule has 0 aliphatic carbocycles. The fraction of sp³-hybridized carbons (Fsp3) is 0.875. The van der Waals surface area contributed by atoms with Crippen molar-refractivity contribution in [3.05, 3.63) is 0 Å². The number of amides is 1. The number of nitrogens with zero attached hydrogens (tertiary/aromatic N) is 2. The van der Waals surface area contributed by atoms with Gasteiger partial charge in [-0.25, -0.2) is 0 Å². The number of hydrogen-bond donors (Lipinski definition) is 0. The van der Waals surface area contributed by atoms with E-state index in [1.807, 2.05) is 21.0 Å². The van der Waals surface area contributed by atoms with Crippen LogP contribution in [-0.2, 0) is 4.79 Å². The molecule has 1 unspecified atom stereocenters. The summed E-state index contributed by atoms with van der Waals surface area (Å²) in [6.07, 6.45) is 0. The van der Waals surface area contributed by atoms with Gasteiger partial charge in [0.15, 0.2) is 0 Å². The molecule has 3 nitrogen and oxygen atoms in total. The van der Waals surface area contributed by atoms with Crippen LogP contribution in [0.1, 0.15) is 14.4 Å². The van der Waals surface area contributed by atoms with Crippen LogP contribution in [0.25, 0.3) is 0 Å². The second-order valence-corrected chi connectivity index (χ2v) is 3.12. The Balaban J connectivity index is 0.000001000. The van der Waals surface area contributed by atoms with E-state index in [1.54, 1.807) is 4.90 Å². The second kappa shape index (κ2) is 3.72. The monoisotopic (exact) mass is 158 g/mol. The molecule has 0 saturated carbocycles. The first-order valence-corrected chi connectivity index (χ1v) is 3.55. The molecule has 1 amide bonds. The number of rotatable bonds is 0. The first-order valence-electron chi connectivity index (χ1n) is 3.55. The summed E-state index contributed by atoms with van der Waals surface area (Å²) in [5.74, 6) is 0.432. The third kappa shape index (κ3) is 2.19. The number of carbonyl (C=O) groups is 1. The maximum Gasteiger partial charge on any atom is 0.227 e. The van der Waals surface area contributed by atoms with Crippen molar-refractivity contribution in [1.29, 1.82) is 0 Å². The van der Waals surface area contributed by atoms with Gasteiger partial charge in [0, 0.05) is 19.5 Å². The summed E-state index contributed by atoms with van der Waals surface area (Å²) in [5, 5.41) is 0. The Bertz CT molecular complexity index is 133. The van der Waals surface area contributed by atoms with Gasteiger partial charge in [-0.3, -0.25) is 9.69 Å². The zero-order valence-corrected chi connectivity index (χ0v) is 6.79. The molecule has 1 aliphatic heterocycles. The predicted molar refractivity (Wildman–Crippen MR) is 46.2 cm³/mol. The van der Waals surface area contributed by atoms with Gasteiger partial charge < -0.3 is 4.90 Å². The van der Waals surface area contributed by atoms with Crippen molar-refractivity contribution in [2.75, 3.05) is 27.3 Å². The molecule has 0 aromatic carbocycles. The van der Waals surface area contributed by atoms with Crippen LogP contribution in [0.15, 0.2) is 0 Å². The van der Waals surface area contributed by atoms with Crippen LogP contribution >= 0.6 is 0 Å². The lowest BCUT2D eigenvalue weighted by atomic mass is 10.1. The van der Waals surface area contributed by atoms with Gasteiger partial charge in [-0.1, -0.05) is 14.4 Å². The first kappa shape index (κ1) is 10.4. The Morgan fingerprint density at radius 1 is 1.45 bits per heavy atom. The number of hydrogen-bond acceptors (Lipinski definition) is 2. The summed E-state index contributed by atoms with van der Waals surface area (Å²) in [6.45, 7) is 3.63. The van der Waals surface area contributed by atoms with E-state index >= 15 is 0 Å². The number of carbonyl (C=O) groups excluding carboxylic acids is 1. The van der Waals surface area contributed by atoms with E-state index in [4.69, 9.17) is 0 Å². The molecule has 1 rings (SSSR count). The molecule has 0 aromatic heterocycles. The van der Waals surface area contributed by atoms with Crippen molar-refractivity contribution >= 4 is 5.91 Å². The van der Waals surface area contributed by atoms with E-state index in [-0.39, 0.29) is 19.3 Å². The topological polar surface area (TPSA) is 23.6 Å². The average molecular weight is 158 g/mol. The Hall–Kier alpha value is -0.570. The minimum absolute atomic E-state index is 0. The lowest BCUT2D eigenvalue weighted by molar-refractivity contribution is -0.140. The molecule has 66 valence electrons. The van der Waals surface area contributed by atoms with E-state index < -0.39 is 0 Å². The first-order chi connectivity index (χ1) is 4.61. The highest BCUT2D eigenvalue weighted by Crippen LogP contribution is 2.08. The van der Waals surface area contributed by atoms with Crippen LogP contribution in [0.3, 0.4) is 0 Å². The standard InChI is InChI=1S/C7H14N2O.CH4/c1-6-4-8(2)5-9(3)7(6)10;/h6H,4-5H2,1-3H3;1H4. The minimum atomic E-state index is 0. The van der Waals surface area contributed by atoms with Gasteiger partial charge in [0.2, 0.25) is 5.91 Å². The molecule has 0 spiro atoms. The summed E-state index contributed by atoms with van der Waals surface area (Å²) in [4.78, 5) is 15.1. The van der Waals surface area contributed by atoms with E-state index in [9.17, 15) is 4.79 Å². The Morgan fingerprint density at radius 3 is 2.45 bits per heavy atom. The molecule has 1 aliphatic rings. The van der Waals surface area contributed by atoms with Crippen molar-refractivity contribution < 1.29 is 4.79 Å². The molecular weight excluding hydrogens is 140 g/mol. The van der Waals surface area contributed by atoms with Crippen LogP contribution in [0.2, 0.25) is 0 Å². The van der Waals surface area contributed by atoms with E-state index in [0.29, 0.717) is 0 Å². The van der Waals surface area contributed by atoms with Gasteiger partial charge in [0.1, 0.15) is 0 Å². The predicted octanol–water partition coefficient (Wildman–Crippen LogP) is 0.620. The molecule has 0 radical (unpaired) electrons. The quantitative estimate of drug-likeness (QED) is 0.516. The smallest absolute Gasteiger partial charge is 0.227 e. The summed E-state index contributed by atoms with van der Waals surface area (Å²) < 4.78 is 0. The van der Waals surface area contributed by atoms with Gasteiger partial charge in [-0.15, -0.1) is 0 Å². The fourth-order valence-corrected chi connectivity index (χ4v) is 1.41. The largest absolute Gasteiger partial charge is 0.333 e. The summed E-state index contributed by atoms with van der Waals surface area (Å²) in [5.41, 5.74) is 0. The molecule has 1 saturated heterocycles. The Labute approximate surface area is 69.0 Å². The van der Waals surface area contributed by atoms with Crippen LogP contribution < -0.4 is 0 Å². The lowest BCUT2D eigenvalue weighted by Gasteiger charge is -2.33. The van der Waals surface area contributed by atoms with Crippen molar-refractivity contribution in [3.63, 3.8) is 0 Å². The highest BCUT2D eigenvalue weighted by Gasteiger charge is 2.24. The maximum absolute atomic E-state index is 11.2. The van der Waals surface area contributed by atoms with E-state index in [2.05, 4.69) is 4.90 Å². The van der Waals surface area contributed by atoms with Gasteiger partial charge in [-0.2, -0.15) is 0 Å². The summed E-state index contributed by atoms with van der Waals surface area (Å²) >= 11 is 0. The van der Waals surface area contributed by atoms with Gasteiger partial charge in [-0.05, 0) is 7.05 Å². The third-order valence-corrected chi connectivity index (χ3v) is 1.84. The SMILES string of the molecule is C.CC1CN(C)CN(C)C1=O. The molecule has 3 heteroatoms. The molecule has 0 bridgehead atoms. The van der Waals surface area contributed by atoms with Crippen molar-refractivity contribution in [3.8, 4) is 0 Å². The highest BCUT2D eigenvalue weighted by atomic mass is 16.2. The zero-order chi connectivity index (χ0) is 7.72. The van der Waals surface area contributed by atoms with Crippen molar-refractivity contribution in [1.82, 2.24) is 9.80 Å². The van der Waals surface area contributed by atoms with Gasteiger partial charge >= 0.3 is 0 Å². The Kier molecular flexibility index (Phi) is 3.52. The molecular formula is C8H18N2O. The van der Waals surface area contributed by atoms with E-state index in [1.165, 1.54) is 0 Å². The molecule has 1 fully saturated rings. The fourth-order valence-electron chi connectivity index (χ4n) is 1.41.